The van der Waals surface area contributed by atoms with Crippen LogP contribution in [0, 0.1) is 12.8 Å². The molecule has 2 aromatic rings. The molecule has 148 valence electrons. The molecular weight excluding hydrogens is 360 g/mol. The van der Waals surface area contributed by atoms with Gasteiger partial charge in [-0.05, 0) is 36.6 Å². The molecule has 7 nitrogen and oxygen atoms in total. The van der Waals surface area contributed by atoms with E-state index >= 15 is 0 Å². The molecule has 3 N–H and O–H groups in total. The average molecular weight is 384 g/mol. The molecule has 0 radical (unpaired) electrons. The normalized spacial score (nSPS) is 11.6. The van der Waals surface area contributed by atoms with Crippen molar-refractivity contribution in [3.05, 3.63) is 59.2 Å². The van der Waals surface area contributed by atoms with E-state index in [1.165, 1.54) is 25.3 Å². The number of hydrogen-bond donors (Lipinski definition) is 3. The Balaban J connectivity index is 2.18. The molecule has 0 aliphatic heterocycles. The average Bonchev–Trinajstić information content (AvgIpc) is 2.65. The maximum atomic E-state index is 12.7. The molecule has 0 saturated carbocycles. The summed E-state index contributed by atoms with van der Waals surface area (Å²) in [4.78, 5) is 36.5. The van der Waals surface area contributed by atoms with Crippen LogP contribution in [0.5, 0.6) is 5.75 Å². The summed E-state index contributed by atoms with van der Waals surface area (Å²) in [6.45, 7) is 5.49. The second-order valence-corrected chi connectivity index (χ2v) is 6.72. The van der Waals surface area contributed by atoms with Gasteiger partial charge in [-0.3, -0.25) is 9.59 Å². The van der Waals surface area contributed by atoms with E-state index in [0.717, 1.165) is 5.56 Å². The van der Waals surface area contributed by atoms with Crippen LogP contribution in [-0.2, 0) is 4.79 Å². The zero-order valence-electron chi connectivity index (χ0n) is 16.3. The van der Waals surface area contributed by atoms with Crippen molar-refractivity contribution in [3.63, 3.8) is 0 Å². The van der Waals surface area contributed by atoms with Crippen molar-refractivity contribution in [2.75, 3.05) is 12.4 Å². The molecule has 0 bridgehead atoms. The van der Waals surface area contributed by atoms with E-state index in [4.69, 9.17) is 9.84 Å². The lowest BCUT2D eigenvalue weighted by atomic mass is 10.0. The zero-order chi connectivity index (χ0) is 20.8. The minimum Gasteiger partial charge on any atom is -0.496 e. The van der Waals surface area contributed by atoms with E-state index in [1.54, 1.807) is 12.1 Å². The van der Waals surface area contributed by atoms with E-state index in [0.29, 0.717) is 11.3 Å². The van der Waals surface area contributed by atoms with Gasteiger partial charge in [0.15, 0.2) is 0 Å². The lowest BCUT2D eigenvalue weighted by Gasteiger charge is -2.22. The number of carbonyl (C=O) groups excluding carboxylic acids is 2. The Morgan fingerprint density at radius 1 is 1.04 bits per heavy atom. The lowest BCUT2D eigenvalue weighted by Crippen LogP contribution is -2.47. The minimum atomic E-state index is -1.12. The third-order valence-corrected chi connectivity index (χ3v) is 4.32. The van der Waals surface area contributed by atoms with Gasteiger partial charge in [-0.1, -0.05) is 32.0 Å². The largest absolute Gasteiger partial charge is 0.496 e. The minimum absolute atomic E-state index is 0.00577. The number of nitrogens with one attached hydrogen (secondary N) is 2. The van der Waals surface area contributed by atoms with E-state index in [9.17, 15) is 14.4 Å². The predicted octanol–water partition coefficient (Wildman–Crippen LogP) is 3.09. The number of aryl methyl sites for hydroxylation is 1. The third-order valence-electron chi connectivity index (χ3n) is 4.32. The van der Waals surface area contributed by atoms with Crippen molar-refractivity contribution >= 4 is 23.5 Å². The quantitative estimate of drug-likeness (QED) is 0.680. The van der Waals surface area contributed by atoms with Crippen molar-refractivity contribution < 1.29 is 24.2 Å². The Morgan fingerprint density at radius 2 is 1.71 bits per heavy atom. The van der Waals surface area contributed by atoms with Crippen LogP contribution in [-0.4, -0.2) is 36.0 Å². The summed E-state index contributed by atoms with van der Waals surface area (Å²) in [5, 5.41) is 14.6. The summed E-state index contributed by atoms with van der Waals surface area (Å²) in [6, 6.07) is 10.6. The zero-order valence-corrected chi connectivity index (χ0v) is 16.3. The standard InChI is InChI=1S/C21H24N2O5/c1-12(2)18(23-19(24)15-8-6-5-7-13(15)3)20(25)22-14-9-10-16(21(26)27)17(11-14)28-4/h5-12,18H,1-4H3,(H,22,25)(H,23,24)(H,26,27). The SMILES string of the molecule is COc1cc(NC(=O)C(NC(=O)c2ccccc2C)C(C)C)ccc1C(=O)O. The van der Waals surface area contributed by atoms with Crippen LogP contribution in [0.15, 0.2) is 42.5 Å². The first kappa shape index (κ1) is 21.0. The van der Waals surface area contributed by atoms with Crippen LogP contribution < -0.4 is 15.4 Å². The molecule has 0 fully saturated rings. The molecule has 0 spiro atoms. The molecule has 0 heterocycles. The molecule has 0 aliphatic rings. The van der Waals surface area contributed by atoms with Gasteiger partial charge in [-0.25, -0.2) is 4.79 Å². The summed E-state index contributed by atoms with van der Waals surface area (Å²) in [7, 11) is 1.35. The Morgan fingerprint density at radius 3 is 2.29 bits per heavy atom. The van der Waals surface area contributed by atoms with Gasteiger partial charge >= 0.3 is 5.97 Å². The number of ether oxygens (including phenoxy) is 1. The van der Waals surface area contributed by atoms with E-state index in [-0.39, 0.29) is 23.1 Å². The van der Waals surface area contributed by atoms with Gasteiger partial charge in [0, 0.05) is 17.3 Å². The first-order valence-corrected chi connectivity index (χ1v) is 8.83. The molecule has 1 atom stereocenters. The van der Waals surface area contributed by atoms with Crippen molar-refractivity contribution in [2.24, 2.45) is 5.92 Å². The highest BCUT2D eigenvalue weighted by Gasteiger charge is 2.25. The summed E-state index contributed by atoms with van der Waals surface area (Å²) >= 11 is 0. The maximum absolute atomic E-state index is 12.7. The number of carboxylic acids is 1. The van der Waals surface area contributed by atoms with Gasteiger partial charge in [0.1, 0.15) is 17.4 Å². The molecule has 1 unspecified atom stereocenters. The fraction of sp³-hybridized carbons (Fsp3) is 0.286. The number of rotatable bonds is 7. The predicted molar refractivity (Wildman–Crippen MR) is 106 cm³/mol. The van der Waals surface area contributed by atoms with Crippen molar-refractivity contribution in [2.45, 2.75) is 26.8 Å². The third kappa shape index (κ3) is 4.88. The van der Waals surface area contributed by atoms with Crippen LogP contribution in [0.2, 0.25) is 0 Å². The molecule has 28 heavy (non-hydrogen) atoms. The first-order chi connectivity index (χ1) is 13.2. The fourth-order valence-electron chi connectivity index (χ4n) is 2.75. The molecule has 2 aromatic carbocycles. The van der Waals surface area contributed by atoms with Gasteiger partial charge in [0.25, 0.3) is 5.91 Å². The lowest BCUT2D eigenvalue weighted by molar-refractivity contribution is -0.118. The van der Waals surface area contributed by atoms with Crippen LogP contribution in [0.3, 0.4) is 0 Å². The highest BCUT2D eigenvalue weighted by atomic mass is 16.5. The number of carbonyl (C=O) groups is 3. The van der Waals surface area contributed by atoms with Crippen molar-refractivity contribution in [1.29, 1.82) is 0 Å². The van der Waals surface area contributed by atoms with Crippen LogP contribution in [0.4, 0.5) is 5.69 Å². The monoisotopic (exact) mass is 384 g/mol. The number of benzene rings is 2. The molecule has 7 heteroatoms. The second-order valence-electron chi connectivity index (χ2n) is 6.72. The molecule has 2 amide bonds. The highest BCUT2D eigenvalue weighted by Crippen LogP contribution is 2.23. The van der Waals surface area contributed by atoms with E-state index < -0.39 is 17.9 Å². The van der Waals surface area contributed by atoms with Crippen molar-refractivity contribution in [1.82, 2.24) is 5.32 Å². The van der Waals surface area contributed by atoms with Gasteiger partial charge in [0.2, 0.25) is 5.91 Å². The van der Waals surface area contributed by atoms with E-state index in [1.807, 2.05) is 32.9 Å². The smallest absolute Gasteiger partial charge is 0.339 e. The number of carboxylic acid groups (broad SMARTS) is 1. The van der Waals surface area contributed by atoms with Gasteiger partial charge in [0.05, 0.1) is 7.11 Å². The van der Waals surface area contributed by atoms with Gasteiger partial charge in [-0.15, -0.1) is 0 Å². The van der Waals surface area contributed by atoms with Crippen LogP contribution in [0.1, 0.15) is 40.1 Å². The number of methoxy groups -OCH3 is 1. The Hall–Kier alpha value is -3.35. The topological polar surface area (TPSA) is 105 Å². The second kappa shape index (κ2) is 9.03. The molecule has 0 aliphatic carbocycles. The summed E-state index contributed by atoms with van der Waals surface area (Å²) in [6.07, 6.45) is 0. The Labute approximate surface area is 163 Å². The van der Waals surface area contributed by atoms with Gasteiger partial charge < -0.3 is 20.5 Å². The Bertz CT molecular complexity index is 892. The summed E-state index contributed by atoms with van der Waals surface area (Å²) in [5.74, 6) is -1.88. The highest BCUT2D eigenvalue weighted by molar-refractivity contribution is 6.02. The fourth-order valence-corrected chi connectivity index (χ4v) is 2.75. The molecule has 0 aromatic heterocycles. The summed E-state index contributed by atoms with van der Waals surface area (Å²) in [5.41, 5.74) is 1.70. The van der Waals surface area contributed by atoms with Gasteiger partial charge in [-0.2, -0.15) is 0 Å². The van der Waals surface area contributed by atoms with Crippen LogP contribution >= 0.6 is 0 Å². The summed E-state index contributed by atoms with van der Waals surface area (Å²) < 4.78 is 5.07. The number of hydrogen-bond acceptors (Lipinski definition) is 4. The van der Waals surface area contributed by atoms with E-state index in [2.05, 4.69) is 10.6 Å². The first-order valence-electron chi connectivity index (χ1n) is 8.83. The molecule has 0 saturated heterocycles. The Kier molecular flexibility index (Phi) is 6.76. The number of aromatic carboxylic acids is 1. The maximum Gasteiger partial charge on any atom is 0.339 e. The number of amides is 2. The number of anilines is 1. The molecule has 2 rings (SSSR count). The van der Waals surface area contributed by atoms with Crippen LogP contribution in [0.25, 0.3) is 0 Å². The molecular formula is C21H24N2O5. The van der Waals surface area contributed by atoms with Crippen molar-refractivity contribution in [3.8, 4) is 5.75 Å².